The number of aromatic nitrogens is 2. The maximum Gasteiger partial charge on any atom is 0.284 e. The molecule has 0 bridgehead atoms. The highest BCUT2D eigenvalue weighted by Crippen LogP contribution is 2.30. The standard InChI is InChI=1S/C16H22BrN3O/c1-3-5-12-6-8-13(9-7-12)19-14-11-18-20(10-4-2)16(21)15(14)17/h2,11-13,19H,3,5-10H2,1H3. The zero-order valence-electron chi connectivity index (χ0n) is 12.4. The van der Waals surface area contributed by atoms with Gasteiger partial charge in [-0.25, -0.2) is 4.68 Å². The normalized spacial score (nSPS) is 21.8. The Morgan fingerprint density at radius 3 is 2.81 bits per heavy atom. The van der Waals surface area contributed by atoms with E-state index in [1.807, 2.05) is 0 Å². The van der Waals surface area contributed by atoms with Gasteiger partial charge in [0.15, 0.2) is 0 Å². The highest BCUT2D eigenvalue weighted by molar-refractivity contribution is 9.10. The van der Waals surface area contributed by atoms with Crippen LogP contribution in [0.15, 0.2) is 15.5 Å². The molecule has 5 heteroatoms. The van der Waals surface area contributed by atoms with E-state index in [1.165, 1.54) is 30.4 Å². The second kappa shape index (κ2) is 7.65. The van der Waals surface area contributed by atoms with Gasteiger partial charge in [-0.15, -0.1) is 6.42 Å². The second-order valence-corrected chi connectivity index (χ2v) is 6.48. The van der Waals surface area contributed by atoms with Gasteiger partial charge >= 0.3 is 0 Å². The minimum Gasteiger partial charge on any atom is -0.380 e. The van der Waals surface area contributed by atoms with Crippen LogP contribution in [0.5, 0.6) is 0 Å². The fourth-order valence-corrected chi connectivity index (χ4v) is 3.41. The van der Waals surface area contributed by atoms with Gasteiger partial charge in [-0.05, 0) is 47.5 Å². The lowest BCUT2D eigenvalue weighted by Gasteiger charge is -2.29. The van der Waals surface area contributed by atoms with Gasteiger partial charge in [0, 0.05) is 6.04 Å². The van der Waals surface area contributed by atoms with E-state index in [1.54, 1.807) is 6.20 Å². The second-order valence-electron chi connectivity index (χ2n) is 5.69. The predicted octanol–water partition coefficient (Wildman–Crippen LogP) is 3.41. The first-order valence-corrected chi connectivity index (χ1v) is 8.40. The van der Waals surface area contributed by atoms with Gasteiger partial charge in [-0.2, -0.15) is 5.10 Å². The van der Waals surface area contributed by atoms with Gasteiger partial charge in [0.2, 0.25) is 0 Å². The Morgan fingerprint density at radius 2 is 2.19 bits per heavy atom. The molecule has 0 aliphatic heterocycles. The zero-order chi connectivity index (χ0) is 15.2. The van der Waals surface area contributed by atoms with Crippen molar-refractivity contribution in [3.63, 3.8) is 0 Å². The number of anilines is 1. The minimum atomic E-state index is -0.183. The van der Waals surface area contributed by atoms with E-state index in [2.05, 4.69) is 39.2 Å². The number of hydrogen-bond acceptors (Lipinski definition) is 3. The molecule has 1 aromatic heterocycles. The molecule has 1 N–H and O–H groups in total. The molecule has 2 rings (SSSR count). The monoisotopic (exact) mass is 351 g/mol. The Morgan fingerprint density at radius 1 is 1.48 bits per heavy atom. The molecule has 0 aromatic carbocycles. The van der Waals surface area contributed by atoms with Gasteiger partial charge in [0.05, 0.1) is 11.9 Å². The van der Waals surface area contributed by atoms with Crippen molar-refractivity contribution in [2.45, 2.75) is 58.0 Å². The zero-order valence-corrected chi connectivity index (χ0v) is 14.0. The molecule has 1 aromatic rings. The number of nitrogens with one attached hydrogen (secondary N) is 1. The Balaban J connectivity index is 2.00. The smallest absolute Gasteiger partial charge is 0.284 e. The average Bonchev–Trinajstić information content (AvgIpc) is 2.49. The number of halogens is 1. The molecule has 0 radical (unpaired) electrons. The predicted molar refractivity (Wildman–Crippen MR) is 89.3 cm³/mol. The molecular formula is C16H22BrN3O. The fourth-order valence-electron chi connectivity index (χ4n) is 2.99. The summed E-state index contributed by atoms with van der Waals surface area (Å²) in [6.07, 6.45) is 14.4. The van der Waals surface area contributed by atoms with Crippen molar-refractivity contribution in [3.8, 4) is 12.3 Å². The van der Waals surface area contributed by atoms with E-state index in [9.17, 15) is 4.79 Å². The molecule has 1 aliphatic carbocycles. The number of hydrogen-bond donors (Lipinski definition) is 1. The average molecular weight is 352 g/mol. The van der Waals surface area contributed by atoms with Crippen molar-refractivity contribution < 1.29 is 0 Å². The van der Waals surface area contributed by atoms with E-state index in [4.69, 9.17) is 6.42 Å². The minimum absolute atomic E-state index is 0.183. The quantitative estimate of drug-likeness (QED) is 0.826. The maximum absolute atomic E-state index is 12.1. The van der Waals surface area contributed by atoms with Crippen molar-refractivity contribution in [3.05, 3.63) is 21.0 Å². The molecule has 4 nitrogen and oxygen atoms in total. The molecule has 1 saturated carbocycles. The van der Waals surface area contributed by atoms with Crippen molar-refractivity contribution in [1.82, 2.24) is 9.78 Å². The first kappa shape index (κ1) is 16.1. The van der Waals surface area contributed by atoms with E-state index in [0.29, 0.717) is 10.5 Å². The summed E-state index contributed by atoms with van der Waals surface area (Å²) in [5, 5.41) is 7.56. The molecule has 114 valence electrons. The van der Waals surface area contributed by atoms with Crippen LogP contribution in [0.4, 0.5) is 5.69 Å². The molecule has 1 aliphatic rings. The van der Waals surface area contributed by atoms with Crippen LogP contribution in [-0.4, -0.2) is 15.8 Å². The van der Waals surface area contributed by atoms with Crippen LogP contribution < -0.4 is 10.9 Å². The van der Waals surface area contributed by atoms with Crippen LogP contribution in [0.2, 0.25) is 0 Å². The molecule has 1 fully saturated rings. The van der Waals surface area contributed by atoms with E-state index >= 15 is 0 Å². The molecule has 0 unspecified atom stereocenters. The molecule has 0 saturated heterocycles. The SMILES string of the molecule is C#CCn1ncc(NC2CCC(CCC)CC2)c(Br)c1=O. The van der Waals surface area contributed by atoms with E-state index < -0.39 is 0 Å². The summed E-state index contributed by atoms with van der Waals surface area (Å²) in [5.41, 5.74) is 0.588. The Labute approximate surface area is 134 Å². The highest BCUT2D eigenvalue weighted by atomic mass is 79.9. The van der Waals surface area contributed by atoms with E-state index in [0.717, 1.165) is 24.4 Å². The lowest BCUT2D eigenvalue weighted by molar-refractivity contribution is 0.319. The Hall–Kier alpha value is -1.28. The van der Waals surface area contributed by atoms with Gasteiger partial charge in [0.1, 0.15) is 11.0 Å². The Bertz CT molecular complexity index is 568. The van der Waals surface area contributed by atoms with Crippen LogP contribution in [0, 0.1) is 18.3 Å². The summed E-state index contributed by atoms with van der Waals surface area (Å²) in [4.78, 5) is 12.1. The lowest BCUT2D eigenvalue weighted by Crippen LogP contribution is -2.29. The van der Waals surface area contributed by atoms with Gasteiger partial charge in [-0.1, -0.05) is 25.7 Å². The first-order chi connectivity index (χ1) is 10.2. The van der Waals surface area contributed by atoms with Crippen LogP contribution in [0.1, 0.15) is 45.4 Å². The number of rotatable bonds is 5. The first-order valence-electron chi connectivity index (χ1n) is 7.61. The fraction of sp³-hybridized carbons (Fsp3) is 0.625. The number of nitrogens with zero attached hydrogens (tertiary/aromatic N) is 2. The van der Waals surface area contributed by atoms with Gasteiger partial charge < -0.3 is 5.32 Å². The summed E-state index contributed by atoms with van der Waals surface area (Å²) >= 11 is 3.36. The van der Waals surface area contributed by atoms with E-state index in [-0.39, 0.29) is 12.1 Å². The highest BCUT2D eigenvalue weighted by Gasteiger charge is 2.21. The van der Waals surface area contributed by atoms with Crippen molar-refractivity contribution in [1.29, 1.82) is 0 Å². The summed E-state index contributed by atoms with van der Waals surface area (Å²) in [5.74, 6) is 3.30. The third-order valence-electron chi connectivity index (χ3n) is 4.13. The topological polar surface area (TPSA) is 46.9 Å². The largest absolute Gasteiger partial charge is 0.380 e. The molecule has 0 atom stereocenters. The lowest BCUT2D eigenvalue weighted by atomic mass is 9.83. The third-order valence-corrected chi connectivity index (χ3v) is 4.90. The van der Waals surface area contributed by atoms with Crippen molar-refractivity contribution in [2.75, 3.05) is 5.32 Å². The van der Waals surface area contributed by atoms with Gasteiger partial charge in [0.25, 0.3) is 5.56 Å². The molecule has 0 spiro atoms. The molecular weight excluding hydrogens is 330 g/mol. The third kappa shape index (κ3) is 4.10. The van der Waals surface area contributed by atoms with Crippen LogP contribution in [0.3, 0.4) is 0 Å². The van der Waals surface area contributed by atoms with Crippen LogP contribution in [-0.2, 0) is 6.54 Å². The molecule has 1 heterocycles. The van der Waals surface area contributed by atoms with Crippen LogP contribution in [0.25, 0.3) is 0 Å². The summed E-state index contributed by atoms with van der Waals surface area (Å²) < 4.78 is 1.80. The Kier molecular flexibility index (Phi) is 5.86. The van der Waals surface area contributed by atoms with Crippen molar-refractivity contribution >= 4 is 21.6 Å². The maximum atomic E-state index is 12.1. The summed E-state index contributed by atoms with van der Waals surface area (Å²) in [6, 6.07) is 0.430. The molecule has 21 heavy (non-hydrogen) atoms. The summed E-state index contributed by atoms with van der Waals surface area (Å²) in [6.45, 7) is 2.44. The summed E-state index contributed by atoms with van der Waals surface area (Å²) in [7, 11) is 0. The molecule has 0 amide bonds. The van der Waals surface area contributed by atoms with Crippen molar-refractivity contribution in [2.24, 2.45) is 5.92 Å². The number of terminal acetylenes is 1. The van der Waals surface area contributed by atoms with Crippen LogP contribution >= 0.6 is 15.9 Å². The van der Waals surface area contributed by atoms with Gasteiger partial charge in [-0.3, -0.25) is 4.79 Å².